The summed E-state index contributed by atoms with van der Waals surface area (Å²) in [6.45, 7) is 2.14. The van der Waals surface area contributed by atoms with E-state index in [-0.39, 0.29) is 0 Å². The van der Waals surface area contributed by atoms with Crippen molar-refractivity contribution in [2.45, 2.75) is 72.6 Å². The van der Waals surface area contributed by atoms with Crippen LogP contribution in [0.15, 0.2) is 78.9 Å². The van der Waals surface area contributed by atoms with E-state index in [1.807, 2.05) is 29.4 Å². The van der Waals surface area contributed by atoms with Gasteiger partial charge in [-0.1, -0.05) is 35.3 Å². The van der Waals surface area contributed by atoms with Gasteiger partial charge in [-0.25, -0.2) is 0 Å². The number of rotatable bonds is 5. The summed E-state index contributed by atoms with van der Waals surface area (Å²) in [5.41, 5.74) is 9.91. The molecule has 0 amide bonds. The molecular formula is C34H35N2O2S4+. The van der Waals surface area contributed by atoms with Gasteiger partial charge in [0.25, 0.3) is 5.01 Å². The number of fused-ring (bicyclic) bond motifs is 1. The standard InChI is InChI=1S/C34H35N2O2S4/c1-38-41-27-11-12-28-33-25(27)5-3-15-35(33)31(39-28)19-21-7-9-23-10-8-22(18-24(23)17-21)20-32-36-16-4-6-26-30(42(2)37)14-13-29(40-32)34(26)36/h11-14,17-20,23H,3-10,15-16H2,1-2H3/q+1. The second-order valence-corrected chi connectivity index (χ2v) is 16.3. The molecule has 2 atom stereocenters. The minimum Gasteiger partial charge on any atom is -0.612 e. The van der Waals surface area contributed by atoms with Crippen molar-refractivity contribution in [3.05, 3.63) is 80.4 Å². The molecule has 2 unspecified atom stereocenters. The Hall–Kier alpha value is -1.94. The average molecular weight is 632 g/mol. The molecule has 4 nitrogen and oxygen atoms in total. The lowest BCUT2D eigenvalue weighted by Gasteiger charge is -2.30. The maximum atomic E-state index is 12.4. The van der Waals surface area contributed by atoms with Gasteiger partial charge in [-0.2, -0.15) is 4.57 Å². The van der Waals surface area contributed by atoms with Crippen molar-refractivity contribution < 1.29 is 13.3 Å². The fourth-order valence-corrected chi connectivity index (χ4v) is 11.3. The van der Waals surface area contributed by atoms with E-state index in [9.17, 15) is 4.55 Å². The Labute approximate surface area is 264 Å². The van der Waals surface area contributed by atoms with Gasteiger partial charge < -0.3 is 13.6 Å². The van der Waals surface area contributed by atoms with Gasteiger partial charge in [-0.05, 0) is 109 Å². The molecule has 0 N–H and O–H groups in total. The second-order valence-electron chi connectivity index (χ2n) is 11.9. The number of thiazole rings is 1. The fraction of sp³-hybridized carbons (Fsp3) is 0.382. The Bertz CT molecular complexity index is 1730. The van der Waals surface area contributed by atoms with Crippen LogP contribution in [0.3, 0.4) is 0 Å². The van der Waals surface area contributed by atoms with Crippen molar-refractivity contribution in [3.63, 3.8) is 0 Å². The molecular weight excluding hydrogens is 597 g/mol. The molecule has 8 heteroatoms. The molecule has 3 aliphatic heterocycles. The molecule has 0 fully saturated rings. The summed E-state index contributed by atoms with van der Waals surface area (Å²) >= 11 is 4.37. The largest absolute Gasteiger partial charge is 0.612 e. The third-order valence-corrected chi connectivity index (χ3v) is 13.3. The molecule has 4 heterocycles. The highest BCUT2D eigenvalue weighted by atomic mass is 32.2. The van der Waals surface area contributed by atoms with Crippen LogP contribution in [0, 0.1) is 5.92 Å². The van der Waals surface area contributed by atoms with Crippen LogP contribution in [0.2, 0.25) is 0 Å². The molecule has 8 rings (SSSR count). The van der Waals surface area contributed by atoms with Gasteiger partial charge in [0.1, 0.15) is 11.0 Å². The highest BCUT2D eigenvalue weighted by molar-refractivity contribution is 8.03. The maximum Gasteiger partial charge on any atom is 0.263 e. The summed E-state index contributed by atoms with van der Waals surface area (Å²) < 4.78 is 21.8. The molecule has 2 aromatic carbocycles. The summed E-state index contributed by atoms with van der Waals surface area (Å²) in [4.78, 5) is 6.10. The van der Waals surface area contributed by atoms with Gasteiger partial charge in [0.2, 0.25) is 5.52 Å². The van der Waals surface area contributed by atoms with Crippen molar-refractivity contribution in [2.24, 2.45) is 5.92 Å². The number of hydrogen-bond donors (Lipinski definition) is 0. The zero-order valence-electron chi connectivity index (χ0n) is 24.1. The number of thioether (sulfide) groups is 1. The molecule has 42 heavy (non-hydrogen) atoms. The van der Waals surface area contributed by atoms with E-state index in [1.165, 1.54) is 94.9 Å². The summed E-state index contributed by atoms with van der Waals surface area (Å²) in [6.07, 6.45) is 21.0. The average Bonchev–Trinajstić information content (AvgIpc) is 3.54. The van der Waals surface area contributed by atoms with Gasteiger partial charge in [-0.3, -0.25) is 0 Å². The van der Waals surface area contributed by atoms with Crippen LogP contribution in [-0.2, 0) is 34.7 Å². The van der Waals surface area contributed by atoms with Crippen LogP contribution >= 0.6 is 35.1 Å². The maximum absolute atomic E-state index is 12.4. The van der Waals surface area contributed by atoms with Crippen molar-refractivity contribution in [2.75, 3.05) is 24.8 Å². The molecule has 0 saturated carbocycles. The Morgan fingerprint density at radius 2 is 1.93 bits per heavy atom. The minimum absolute atomic E-state index is 0.676. The first-order valence-corrected chi connectivity index (χ1v) is 19.0. The van der Waals surface area contributed by atoms with Crippen LogP contribution in [0.25, 0.3) is 16.3 Å². The van der Waals surface area contributed by atoms with Gasteiger partial charge in [-0.15, -0.1) is 0 Å². The predicted octanol–water partition coefficient (Wildman–Crippen LogP) is 8.37. The Kier molecular flexibility index (Phi) is 7.36. The number of nitrogens with zero attached hydrogens (tertiary/aromatic N) is 2. The van der Waals surface area contributed by atoms with E-state index in [4.69, 9.17) is 4.18 Å². The summed E-state index contributed by atoms with van der Waals surface area (Å²) in [5, 5.41) is 2.72. The zero-order valence-corrected chi connectivity index (χ0v) is 27.4. The highest BCUT2D eigenvalue weighted by Gasteiger charge is 2.35. The predicted molar refractivity (Wildman–Crippen MR) is 178 cm³/mol. The SMILES string of the molecule is COSc1ccc2sc(/C=C3/C=C4C=C(/C=C5\Sc6ccc([S+](C)[O-])c7c6N5CCC7)CCC4CC3)[n+]3c2c1CCC3. The highest BCUT2D eigenvalue weighted by Crippen LogP contribution is 2.52. The van der Waals surface area contributed by atoms with E-state index in [0.29, 0.717) is 5.92 Å². The lowest BCUT2D eigenvalue weighted by Crippen LogP contribution is -2.38. The Morgan fingerprint density at radius 1 is 1.05 bits per heavy atom. The molecule has 1 aromatic heterocycles. The number of anilines is 1. The monoisotopic (exact) mass is 631 g/mol. The third kappa shape index (κ3) is 4.74. The number of hydrogen-bond acceptors (Lipinski definition) is 6. The molecule has 3 aromatic rings. The van der Waals surface area contributed by atoms with E-state index in [0.717, 1.165) is 50.1 Å². The zero-order chi connectivity index (χ0) is 28.4. The first-order valence-electron chi connectivity index (χ1n) is 15.1. The van der Waals surface area contributed by atoms with Crippen LogP contribution < -0.4 is 9.47 Å². The van der Waals surface area contributed by atoms with Crippen LogP contribution in [0.5, 0.6) is 0 Å². The smallest absolute Gasteiger partial charge is 0.263 e. The quantitative estimate of drug-likeness (QED) is 0.161. The molecule has 5 aliphatic rings. The van der Waals surface area contributed by atoms with Crippen molar-refractivity contribution in [1.29, 1.82) is 0 Å². The Morgan fingerprint density at radius 3 is 2.81 bits per heavy atom. The van der Waals surface area contributed by atoms with Crippen LogP contribution in [0.1, 0.15) is 54.7 Å². The number of benzene rings is 2. The first-order chi connectivity index (χ1) is 20.6. The summed E-state index contributed by atoms with van der Waals surface area (Å²) in [5.74, 6) is 0.676. The molecule has 2 aliphatic carbocycles. The lowest BCUT2D eigenvalue weighted by molar-refractivity contribution is -0.672. The number of aromatic nitrogens is 1. The molecule has 0 radical (unpaired) electrons. The molecule has 0 bridgehead atoms. The minimum atomic E-state index is -0.948. The normalized spacial score (nSPS) is 23.7. The molecule has 216 valence electrons. The fourth-order valence-electron chi connectivity index (χ4n) is 7.47. The molecule has 0 saturated heterocycles. The third-order valence-electron chi connectivity index (χ3n) is 9.36. The second kappa shape index (κ2) is 11.2. The summed E-state index contributed by atoms with van der Waals surface area (Å²) in [6, 6.07) is 8.79. The van der Waals surface area contributed by atoms with Crippen LogP contribution in [0.4, 0.5) is 5.69 Å². The van der Waals surface area contributed by atoms with Crippen LogP contribution in [-0.4, -0.2) is 24.5 Å². The van der Waals surface area contributed by atoms with E-state index in [1.54, 1.807) is 7.11 Å². The van der Waals surface area contributed by atoms with Gasteiger partial charge in [0.05, 0.1) is 17.8 Å². The van der Waals surface area contributed by atoms with E-state index < -0.39 is 11.2 Å². The topological polar surface area (TPSA) is 39.4 Å². The van der Waals surface area contributed by atoms with E-state index >= 15 is 0 Å². The first kappa shape index (κ1) is 27.6. The van der Waals surface area contributed by atoms with Gasteiger partial charge in [0.15, 0.2) is 11.4 Å². The van der Waals surface area contributed by atoms with Crippen molar-refractivity contribution in [1.82, 2.24) is 0 Å². The van der Waals surface area contributed by atoms with E-state index in [2.05, 4.69) is 58.0 Å². The van der Waals surface area contributed by atoms with Crippen molar-refractivity contribution >= 4 is 68.3 Å². The van der Waals surface area contributed by atoms with Crippen molar-refractivity contribution in [3.8, 4) is 0 Å². The van der Waals surface area contributed by atoms with Gasteiger partial charge in [0, 0.05) is 52.0 Å². The number of aryl methyl sites for hydroxylation is 2. The Balaban J connectivity index is 1.11. The lowest BCUT2D eigenvalue weighted by atomic mass is 9.77. The van der Waals surface area contributed by atoms with Gasteiger partial charge >= 0.3 is 0 Å². The molecule has 0 spiro atoms. The number of allylic oxidation sites excluding steroid dienone is 6. The summed E-state index contributed by atoms with van der Waals surface area (Å²) in [7, 11) is 1.76.